The third-order valence-electron chi connectivity index (χ3n) is 4.79. The van der Waals surface area contributed by atoms with Crippen LogP contribution in [0.2, 0.25) is 0 Å². The summed E-state index contributed by atoms with van der Waals surface area (Å²) < 4.78 is 0. The summed E-state index contributed by atoms with van der Waals surface area (Å²) in [5, 5.41) is 0. The minimum Gasteiger partial charge on any atom is -0.299 e. The summed E-state index contributed by atoms with van der Waals surface area (Å²) in [5.74, 6) is 0.260. The number of benzene rings is 2. The smallest absolute Gasteiger partial charge is 0.143 e. The van der Waals surface area contributed by atoms with Gasteiger partial charge >= 0.3 is 0 Å². The topological polar surface area (TPSA) is 20.3 Å². The summed E-state index contributed by atoms with van der Waals surface area (Å²) in [5.41, 5.74) is 5.71. The molecule has 0 N–H and O–H groups in total. The van der Waals surface area contributed by atoms with Crippen molar-refractivity contribution in [2.24, 2.45) is 0 Å². The van der Waals surface area contributed by atoms with E-state index in [0.29, 0.717) is 6.54 Å². The Balaban J connectivity index is 1.74. The van der Waals surface area contributed by atoms with Crippen molar-refractivity contribution in [2.75, 3.05) is 19.6 Å². The van der Waals surface area contributed by atoms with Gasteiger partial charge < -0.3 is 0 Å². The van der Waals surface area contributed by atoms with Gasteiger partial charge in [-0.3, -0.25) is 9.69 Å². The summed E-state index contributed by atoms with van der Waals surface area (Å²) in [4.78, 5) is 16.3. The molecule has 0 amide bonds. The molecular weight excluding hydrogens is 314 g/mol. The second kappa shape index (κ2) is 6.58. The van der Waals surface area contributed by atoms with Crippen molar-refractivity contribution in [1.82, 2.24) is 4.90 Å². The van der Waals surface area contributed by atoms with Crippen LogP contribution in [-0.2, 0) is 4.79 Å². The zero-order valence-corrected chi connectivity index (χ0v) is 14.7. The lowest BCUT2D eigenvalue weighted by Gasteiger charge is -2.31. The van der Waals surface area contributed by atoms with Crippen LogP contribution in [0.5, 0.6) is 0 Å². The van der Waals surface area contributed by atoms with Crippen molar-refractivity contribution in [3.05, 3.63) is 65.2 Å². The highest BCUT2D eigenvalue weighted by atomic mass is 32.2. The van der Waals surface area contributed by atoms with E-state index in [0.717, 1.165) is 25.9 Å². The molecule has 1 fully saturated rings. The van der Waals surface area contributed by atoms with E-state index in [9.17, 15) is 4.79 Å². The Hall–Kier alpha value is -1.84. The molecule has 2 aromatic rings. The maximum Gasteiger partial charge on any atom is 0.143 e. The second-order valence-corrected chi connectivity index (χ2v) is 7.63. The van der Waals surface area contributed by atoms with Crippen LogP contribution in [0.1, 0.15) is 30.9 Å². The van der Waals surface area contributed by atoms with E-state index in [2.05, 4.69) is 53.4 Å². The van der Waals surface area contributed by atoms with Crippen LogP contribution < -0.4 is 0 Å². The van der Waals surface area contributed by atoms with Gasteiger partial charge in [-0.15, -0.1) is 0 Å². The van der Waals surface area contributed by atoms with Crippen molar-refractivity contribution in [2.45, 2.75) is 29.6 Å². The summed E-state index contributed by atoms with van der Waals surface area (Å²) in [6, 6.07) is 17.5. The molecule has 0 aliphatic carbocycles. The molecular formula is C21H21NOS. The van der Waals surface area contributed by atoms with Gasteiger partial charge in [0.2, 0.25) is 0 Å². The molecule has 0 atom stereocenters. The van der Waals surface area contributed by atoms with Crippen LogP contribution in [0, 0.1) is 0 Å². The maximum atomic E-state index is 11.4. The number of Topliss-reactive ketones (excluding diaryl/α,β-unsaturated/α-hetero) is 1. The van der Waals surface area contributed by atoms with Gasteiger partial charge in [0.15, 0.2) is 0 Å². The molecule has 2 aliphatic heterocycles. The van der Waals surface area contributed by atoms with Crippen LogP contribution in [0.4, 0.5) is 0 Å². The first-order valence-electron chi connectivity index (χ1n) is 8.53. The molecule has 0 radical (unpaired) electrons. The monoisotopic (exact) mass is 335 g/mol. The van der Waals surface area contributed by atoms with Crippen molar-refractivity contribution in [1.29, 1.82) is 0 Å². The molecule has 0 bridgehead atoms. The predicted molar refractivity (Wildman–Crippen MR) is 99.4 cm³/mol. The average Bonchev–Trinajstić information content (AvgIpc) is 2.60. The number of carbonyl (C=O) groups excluding carboxylic acids is 1. The number of fused-ring (bicyclic) bond motifs is 2. The predicted octanol–water partition coefficient (Wildman–Crippen LogP) is 4.64. The summed E-state index contributed by atoms with van der Waals surface area (Å²) in [6.45, 7) is 4.23. The van der Waals surface area contributed by atoms with E-state index >= 15 is 0 Å². The molecule has 1 saturated heterocycles. The molecule has 24 heavy (non-hydrogen) atoms. The van der Waals surface area contributed by atoms with Crippen LogP contribution in [0.25, 0.3) is 5.57 Å². The van der Waals surface area contributed by atoms with Crippen LogP contribution in [-0.4, -0.2) is 30.3 Å². The highest BCUT2D eigenvalue weighted by molar-refractivity contribution is 7.99. The first-order valence-corrected chi connectivity index (χ1v) is 9.34. The van der Waals surface area contributed by atoms with Gasteiger partial charge in [0.05, 0.1) is 6.54 Å². The summed E-state index contributed by atoms with van der Waals surface area (Å²) in [6.07, 6.45) is 2.10. The number of carbonyl (C=O) groups is 1. The fourth-order valence-corrected chi connectivity index (χ4v) is 4.81. The number of ketones is 1. The fourth-order valence-electron chi connectivity index (χ4n) is 3.71. The molecule has 4 rings (SSSR count). The number of likely N-dealkylation sites (tertiary alicyclic amines) is 1. The average molecular weight is 335 g/mol. The molecule has 0 unspecified atom stereocenters. The third-order valence-corrected chi connectivity index (χ3v) is 5.94. The van der Waals surface area contributed by atoms with Crippen LogP contribution in [0.3, 0.4) is 0 Å². The minimum absolute atomic E-state index is 0.260. The highest BCUT2D eigenvalue weighted by Gasteiger charge is 2.25. The first kappa shape index (κ1) is 15.7. The minimum atomic E-state index is 0.260. The van der Waals surface area contributed by atoms with Crippen molar-refractivity contribution >= 4 is 23.1 Å². The lowest BCUT2D eigenvalue weighted by atomic mass is 9.88. The normalized spacial score (nSPS) is 17.4. The third kappa shape index (κ3) is 2.94. The van der Waals surface area contributed by atoms with Crippen LogP contribution in [0.15, 0.2) is 63.9 Å². The molecule has 0 spiro atoms. The lowest BCUT2D eigenvalue weighted by Crippen LogP contribution is -2.34. The first-order chi connectivity index (χ1) is 11.7. The van der Waals surface area contributed by atoms with Gasteiger partial charge in [0.1, 0.15) is 5.78 Å². The Morgan fingerprint density at radius 3 is 2.04 bits per heavy atom. The van der Waals surface area contributed by atoms with E-state index in [-0.39, 0.29) is 5.78 Å². The Morgan fingerprint density at radius 1 is 0.958 bits per heavy atom. The van der Waals surface area contributed by atoms with Gasteiger partial charge in [0.25, 0.3) is 0 Å². The van der Waals surface area contributed by atoms with Crippen LogP contribution >= 0.6 is 11.8 Å². The van der Waals surface area contributed by atoms with Gasteiger partial charge in [-0.1, -0.05) is 53.7 Å². The molecule has 2 heterocycles. The quantitative estimate of drug-likeness (QED) is 0.680. The molecule has 0 aromatic heterocycles. The van der Waals surface area contributed by atoms with Crippen molar-refractivity contribution in [3.63, 3.8) is 0 Å². The zero-order valence-electron chi connectivity index (χ0n) is 13.9. The maximum absolute atomic E-state index is 11.4. The molecule has 2 aliphatic rings. The van der Waals surface area contributed by atoms with Gasteiger partial charge in [-0.05, 0) is 48.6 Å². The van der Waals surface area contributed by atoms with Crippen molar-refractivity contribution < 1.29 is 4.79 Å². The Labute approximate surface area is 147 Å². The van der Waals surface area contributed by atoms with E-state index < -0.39 is 0 Å². The largest absolute Gasteiger partial charge is 0.299 e. The van der Waals surface area contributed by atoms with E-state index in [1.807, 2.05) is 11.8 Å². The molecule has 2 nitrogen and oxygen atoms in total. The zero-order chi connectivity index (χ0) is 16.5. The number of hydrogen-bond donors (Lipinski definition) is 0. The van der Waals surface area contributed by atoms with E-state index in [1.165, 1.54) is 32.1 Å². The Morgan fingerprint density at radius 2 is 1.50 bits per heavy atom. The van der Waals surface area contributed by atoms with Gasteiger partial charge in [-0.2, -0.15) is 0 Å². The molecule has 3 heteroatoms. The number of hydrogen-bond acceptors (Lipinski definition) is 3. The fraction of sp³-hybridized carbons (Fsp3) is 0.286. The number of piperidine rings is 1. The SMILES string of the molecule is CC(=O)CN1CCC(=C2c3ccccc3Sc3ccccc32)CC1. The summed E-state index contributed by atoms with van der Waals surface area (Å²) in [7, 11) is 0. The van der Waals surface area contributed by atoms with Crippen molar-refractivity contribution in [3.8, 4) is 0 Å². The molecule has 122 valence electrons. The highest BCUT2D eigenvalue weighted by Crippen LogP contribution is 2.47. The van der Waals surface area contributed by atoms with E-state index in [1.54, 1.807) is 6.92 Å². The molecule has 0 saturated carbocycles. The Kier molecular flexibility index (Phi) is 4.30. The number of nitrogens with zero attached hydrogens (tertiary/aromatic N) is 1. The van der Waals surface area contributed by atoms with Gasteiger partial charge in [0, 0.05) is 22.9 Å². The number of rotatable bonds is 2. The molecule has 2 aromatic carbocycles. The second-order valence-electron chi connectivity index (χ2n) is 6.55. The van der Waals surface area contributed by atoms with E-state index in [4.69, 9.17) is 0 Å². The summed E-state index contributed by atoms with van der Waals surface area (Å²) >= 11 is 1.87. The lowest BCUT2D eigenvalue weighted by molar-refractivity contribution is -0.118. The standard InChI is InChI=1S/C21H21NOS/c1-15(23)14-22-12-10-16(11-13-22)21-17-6-2-4-8-19(17)24-20-9-5-3-7-18(20)21/h2-9H,10-14H2,1H3. The Bertz CT molecular complexity index is 767. The van der Waals surface area contributed by atoms with Gasteiger partial charge in [-0.25, -0.2) is 0 Å².